The van der Waals surface area contributed by atoms with E-state index in [2.05, 4.69) is 25.2 Å². The molecule has 4 rings (SSSR count). The van der Waals surface area contributed by atoms with Crippen molar-refractivity contribution < 1.29 is 14.3 Å². The summed E-state index contributed by atoms with van der Waals surface area (Å²) >= 11 is 0. The Bertz CT molecular complexity index is 1130. The maximum absolute atomic E-state index is 13.1. The summed E-state index contributed by atoms with van der Waals surface area (Å²) < 4.78 is 11.1. The van der Waals surface area contributed by atoms with Crippen LogP contribution in [0.4, 0.5) is 0 Å². The van der Waals surface area contributed by atoms with Crippen LogP contribution in [-0.4, -0.2) is 12.9 Å². The van der Waals surface area contributed by atoms with Crippen molar-refractivity contribution in [3.63, 3.8) is 0 Å². The van der Waals surface area contributed by atoms with Crippen molar-refractivity contribution in [2.24, 2.45) is 5.41 Å². The van der Waals surface area contributed by atoms with Gasteiger partial charge in [-0.25, -0.2) is 0 Å². The Morgan fingerprint density at radius 3 is 2.34 bits per heavy atom. The second-order valence-corrected chi connectivity index (χ2v) is 9.25. The fraction of sp³-hybridized carbons (Fsp3) is 0.333. The van der Waals surface area contributed by atoms with Crippen LogP contribution in [0.1, 0.15) is 50.7 Å². The normalized spacial score (nSPS) is 19.7. The van der Waals surface area contributed by atoms with Crippen LogP contribution in [0.5, 0.6) is 11.5 Å². The molecular weight excluding hydrogens is 400 g/mol. The number of nitrogens with zero attached hydrogens (tertiary/aromatic N) is 1. The Morgan fingerprint density at radius 2 is 1.72 bits per heavy atom. The van der Waals surface area contributed by atoms with E-state index < -0.39 is 0 Å². The summed E-state index contributed by atoms with van der Waals surface area (Å²) in [5.41, 5.74) is 5.00. The van der Waals surface area contributed by atoms with Gasteiger partial charge in [0.05, 0.1) is 24.7 Å². The first-order valence-corrected chi connectivity index (χ1v) is 10.8. The molecule has 0 fully saturated rings. The maximum atomic E-state index is 13.1. The molecule has 1 heterocycles. The Kier molecular flexibility index (Phi) is 5.80. The molecule has 1 N–H and O–H groups in total. The van der Waals surface area contributed by atoms with Crippen molar-refractivity contribution in [2.75, 3.05) is 7.11 Å². The van der Waals surface area contributed by atoms with E-state index >= 15 is 0 Å². The van der Waals surface area contributed by atoms with Gasteiger partial charge in [-0.1, -0.05) is 38.1 Å². The van der Waals surface area contributed by atoms with E-state index in [4.69, 9.17) is 9.47 Å². The van der Waals surface area contributed by atoms with E-state index in [-0.39, 0.29) is 17.1 Å². The number of carbonyl (C=O) groups is 1. The molecule has 0 saturated heterocycles. The first-order valence-electron chi connectivity index (χ1n) is 10.8. The molecule has 32 heavy (non-hydrogen) atoms. The number of ether oxygens (including phenoxy) is 2. The number of hydrogen-bond donors (Lipinski definition) is 1. The third kappa shape index (κ3) is 4.27. The summed E-state index contributed by atoms with van der Waals surface area (Å²) in [5, 5.41) is 13.2. The van der Waals surface area contributed by atoms with Gasteiger partial charge in [-0.3, -0.25) is 4.79 Å². The number of allylic oxidation sites excluding steroid dienone is 4. The van der Waals surface area contributed by atoms with E-state index in [0.29, 0.717) is 18.6 Å². The van der Waals surface area contributed by atoms with Gasteiger partial charge in [0.1, 0.15) is 18.1 Å². The average Bonchev–Trinajstić information content (AvgIpc) is 2.76. The molecule has 5 nitrogen and oxygen atoms in total. The van der Waals surface area contributed by atoms with Gasteiger partial charge in [-0.2, -0.15) is 5.26 Å². The zero-order chi connectivity index (χ0) is 22.9. The second-order valence-electron chi connectivity index (χ2n) is 9.25. The lowest BCUT2D eigenvalue weighted by Crippen LogP contribution is -2.36. The zero-order valence-electron chi connectivity index (χ0n) is 19.0. The van der Waals surface area contributed by atoms with Crippen LogP contribution in [0.15, 0.2) is 71.1 Å². The molecule has 2 aromatic rings. The second kappa shape index (κ2) is 8.55. The van der Waals surface area contributed by atoms with Gasteiger partial charge in [-0.05, 0) is 54.2 Å². The Labute approximate surface area is 189 Å². The topological polar surface area (TPSA) is 71.3 Å². The van der Waals surface area contributed by atoms with Crippen molar-refractivity contribution in [3.05, 3.63) is 82.2 Å². The third-order valence-corrected chi connectivity index (χ3v) is 6.14. The maximum Gasteiger partial charge on any atom is 0.162 e. The van der Waals surface area contributed by atoms with Crippen molar-refractivity contribution >= 4 is 5.78 Å². The molecule has 2 aliphatic rings. The number of ketones is 1. The average molecular weight is 429 g/mol. The summed E-state index contributed by atoms with van der Waals surface area (Å²) in [6.45, 7) is 6.58. The van der Waals surface area contributed by atoms with E-state index in [9.17, 15) is 10.1 Å². The number of rotatable bonds is 5. The summed E-state index contributed by atoms with van der Waals surface area (Å²) in [4.78, 5) is 13.1. The fourth-order valence-electron chi connectivity index (χ4n) is 4.56. The quantitative estimate of drug-likeness (QED) is 0.690. The fourth-order valence-corrected chi connectivity index (χ4v) is 4.56. The molecule has 1 atom stereocenters. The van der Waals surface area contributed by atoms with Gasteiger partial charge in [0.2, 0.25) is 0 Å². The minimum Gasteiger partial charge on any atom is -0.497 e. The molecule has 0 bridgehead atoms. The number of nitrogens with one attached hydrogen (secondary N) is 1. The van der Waals surface area contributed by atoms with Crippen LogP contribution in [0, 0.1) is 16.7 Å². The highest BCUT2D eigenvalue weighted by atomic mass is 16.5. The minimum absolute atomic E-state index is 0.0863. The number of methoxy groups -OCH3 is 1. The molecular formula is C27H28N2O3. The number of Topliss-reactive ketones (excluding diaryl/α,β-unsaturated/α-hetero) is 1. The Hall–Kier alpha value is -3.52. The highest BCUT2D eigenvalue weighted by Crippen LogP contribution is 2.46. The summed E-state index contributed by atoms with van der Waals surface area (Å²) in [5.74, 6) is 1.33. The van der Waals surface area contributed by atoms with E-state index in [1.807, 2.05) is 55.5 Å². The molecule has 0 aromatic heterocycles. The molecule has 0 amide bonds. The lowest BCUT2D eigenvalue weighted by molar-refractivity contribution is -0.118. The standard InChI is InChI=1S/C27H28N2O3/c1-17-22(15-28)25(26-23(29-17)13-27(2,3)14-24(26)30)19-7-11-21(12-8-19)32-16-18-5-9-20(31-4)10-6-18/h5-12,25,29H,13-14,16H2,1-4H3/t25-/m0/s1. The van der Waals surface area contributed by atoms with Gasteiger partial charge in [0.15, 0.2) is 5.78 Å². The number of carbonyl (C=O) groups excluding carboxylic acids is 1. The highest BCUT2D eigenvalue weighted by Gasteiger charge is 2.41. The third-order valence-electron chi connectivity index (χ3n) is 6.14. The summed E-state index contributed by atoms with van der Waals surface area (Å²) in [7, 11) is 1.64. The molecule has 164 valence electrons. The van der Waals surface area contributed by atoms with Crippen LogP contribution in [0.2, 0.25) is 0 Å². The van der Waals surface area contributed by atoms with E-state index in [0.717, 1.165) is 46.0 Å². The van der Waals surface area contributed by atoms with Gasteiger partial charge in [0.25, 0.3) is 0 Å². The molecule has 0 radical (unpaired) electrons. The van der Waals surface area contributed by atoms with Crippen molar-refractivity contribution in [1.82, 2.24) is 5.32 Å². The Balaban J connectivity index is 1.58. The minimum atomic E-state index is -0.338. The number of nitriles is 1. The van der Waals surface area contributed by atoms with Crippen molar-refractivity contribution in [3.8, 4) is 17.6 Å². The molecule has 0 spiro atoms. The molecule has 2 aromatic carbocycles. The molecule has 1 aliphatic carbocycles. The monoisotopic (exact) mass is 428 g/mol. The zero-order valence-corrected chi connectivity index (χ0v) is 19.0. The summed E-state index contributed by atoms with van der Waals surface area (Å²) in [6, 6.07) is 17.8. The van der Waals surface area contributed by atoms with Crippen molar-refractivity contribution in [1.29, 1.82) is 5.26 Å². The molecule has 0 unspecified atom stereocenters. The smallest absolute Gasteiger partial charge is 0.162 e. The first-order chi connectivity index (χ1) is 15.3. The van der Waals surface area contributed by atoms with E-state index in [1.165, 1.54) is 0 Å². The summed E-state index contributed by atoms with van der Waals surface area (Å²) in [6.07, 6.45) is 1.29. The molecule has 0 saturated carbocycles. The van der Waals surface area contributed by atoms with Crippen LogP contribution in [0.25, 0.3) is 0 Å². The first kappa shape index (κ1) is 21.7. The van der Waals surface area contributed by atoms with Gasteiger partial charge < -0.3 is 14.8 Å². The van der Waals surface area contributed by atoms with E-state index in [1.54, 1.807) is 7.11 Å². The number of benzene rings is 2. The number of dihydropyridines is 1. The lowest BCUT2D eigenvalue weighted by atomic mass is 9.69. The highest BCUT2D eigenvalue weighted by molar-refractivity contribution is 6.00. The molecule has 5 heteroatoms. The van der Waals surface area contributed by atoms with Crippen LogP contribution >= 0.6 is 0 Å². The predicted octanol–water partition coefficient (Wildman–Crippen LogP) is 5.40. The van der Waals surface area contributed by atoms with Gasteiger partial charge >= 0.3 is 0 Å². The van der Waals surface area contributed by atoms with Gasteiger partial charge in [-0.15, -0.1) is 0 Å². The van der Waals surface area contributed by atoms with Gasteiger partial charge in [0, 0.05) is 23.4 Å². The van der Waals surface area contributed by atoms with Crippen LogP contribution < -0.4 is 14.8 Å². The predicted molar refractivity (Wildman–Crippen MR) is 123 cm³/mol. The largest absolute Gasteiger partial charge is 0.497 e. The van der Waals surface area contributed by atoms with Crippen molar-refractivity contribution in [2.45, 2.75) is 46.1 Å². The SMILES string of the molecule is COc1ccc(COc2ccc([C@H]3C(C#N)=C(C)NC4=C3C(=O)CC(C)(C)C4)cc2)cc1. The Morgan fingerprint density at radius 1 is 1.06 bits per heavy atom. The van der Waals surface area contributed by atoms with Crippen LogP contribution in [0.3, 0.4) is 0 Å². The lowest BCUT2D eigenvalue weighted by Gasteiger charge is -2.38. The molecule has 1 aliphatic heterocycles. The number of hydrogen-bond acceptors (Lipinski definition) is 5. The van der Waals surface area contributed by atoms with Crippen LogP contribution in [-0.2, 0) is 11.4 Å².